The molecule has 0 spiro atoms. The minimum Gasteiger partial charge on any atom is -1.00 e. The van der Waals surface area contributed by atoms with Gasteiger partial charge in [-0.15, -0.1) is 0 Å². The third kappa shape index (κ3) is 16.8. The Balaban J connectivity index is 0. The van der Waals surface area contributed by atoms with E-state index in [-0.39, 0.29) is 40.0 Å². The molecular weight excluding hydrogens is 172 g/mol. The molecule has 0 aromatic rings. The second-order valence-corrected chi connectivity index (χ2v) is 0. The Bertz CT molecular complexity index is 3.25. The van der Waals surface area contributed by atoms with Gasteiger partial charge in [-0.05, 0) is 0 Å². The van der Waals surface area contributed by atoms with Crippen molar-refractivity contribution < 1.29 is 14.1 Å². The summed E-state index contributed by atoms with van der Waals surface area (Å²) in [5.41, 5.74) is 0. The molecule has 0 saturated heterocycles. The van der Waals surface area contributed by atoms with Gasteiger partial charge in [0.2, 0.25) is 0 Å². The van der Waals surface area contributed by atoms with Crippen molar-refractivity contribution in [1.29, 1.82) is 0 Å². The third-order valence-electron chi connectivity index (χ3n) is 0. The number of hydrogen-bond acceptors (Lipinski definition) is 0. The molecule has 0 atom stereocenters. The van der Waals surface area contributed by atoms with E-state index in [9.17, 15) is 0 Å². The third-order valence-corrected chi connectivity index (χ3v) is 0. The van der Waals surface area contributed by atoms with E-state index < -0.39 is 0 Å². The first-order valence-electron chi connectivity index (χ1n) is 0. The SMILES string of the molecule is [F-].[F-].[F-].[In+3]. The molecule has 0 aromatic heterocycles. The molecule has 0 heterocycles. The van der Waals surface area contributed by atoms with Crippen LogP contribution >= 0.6 is 0 Å². The molecule has 0 radical (unpaired) electrons. The van der Waals surface area contributed by atoms with Gasteiger partial charge in [0, 0.05) is 0 Å². The predicted octanol–water partition coefficient (Wildman–Crippen LogP) is -9.37. The van der Waals surface area contributed by atoms with E-state index in [4.69, 9.17) is 0 Å². The maximum Gasteiger partial charge on any atom is 3.00 e. The van der Waals surface area contributed by atoms with Crippen molar-refractivity contribution >= 4 is 25.8 Å². The van der Waals surface area contributed by atoms with E-state index >= 15 is 0 Å². The summed E-state index contributed by atoms with van der Waals surface area (Å²) in [6.07, 6.45) is 0. The molecule has 0 nitrogen and oxygen atoms in total. The fraction of sp³-hybridized carbons (Fsp3) is 0. The van der Waals surface area contributed by atoms with E-state index in [1.807, 2.05) is 0 Å². The predicted molar refractivity (Wildman–Crippen MR) is 5.75 cm³/mol. The van der Waals surface area contributed by atoms with Crippen molar-refractivity contribution in [2.24, 2.45) is 0 Å². The van der Waals surface area contributed by atoms with Crippen molar-refractivity contribution in [3.63, 3.8) is 0 Å². The van der Waals surface area contributed by atoms with E-state index in [0.29, 0.717) is 0 Å². The topological polar surface area (TPSA) is 0 Å². The zero-order valence-electron chi connectivity index (χ0n) is 1.71. The van der Waals surface area contributed by atoms with Crippen molar-refractivity contribution in [2.45, 2.75) is 0 Å². The van der Waals surface area contributed by atoms with Crippen molar-refractivity contribution in [3.05, 3.63) is 0 Å². The van der Waals surface area contributed by atoms with Gasteiger partial charge in [-0.1, -0.05) is 0 Å². The molecule has 0 rings (SSSR count). The zero-order valence-corrected chi connectivity index (χ0v) is 5.01. The summed E-state index contributed by atoms with van der Waals surface area (Å²) in [5.74, 6) is 0. The van der Waals surface area contributed by atoms with E-state index in [1.54, 1.807) is 0 Å². The molecule has 0 aromatic carbocycles. The molecule has 0 aliphatic carbocycles. The molecule has 24 valence electrons. The van der Waals surface area contributed by atoms with E-state index in [0.717, 1.165) is 0 Å². The van der Waals surface area contributed by atoms with Crippen LogP contribution in [0.5, 0.6) is 0 Å². The van der Waals surface area contributed by atoms with Gasteiger partial charge in [0.05, 0.1) is 0 Å². The van der Waals surface area contributed by atoms with E-state index in [2.05, 4.69) is 0 Å². The second-order valence-electron chi connectivity index (χ2n) is 0. The molecule has 0 aliphatic heterocycles. The molecule has 0 N–H and O–H groups in total. The number of halogens is 3. The number of hydrogen-bond donors (Lipinski definition) is 0. The fourth-order valence-corrected chi connectivity index (χ4v) is 0. The Morgan fingerprint density at radius 1 is 0.500 bits per heavy atom. The Kier molecular flexibility index (Phi) is 2130. The molecule has 0 saturated carbocycles. The standard InChI is InChI=1S/3FH.In/h3*1H;/q;;;+3/p-3. The molecule has 0 fully saturated rings. The summed E-state index contributed by atoms with van der Waals surface area (Å²) < 4.78 is 0. The zero-order chi connectivity index (χ0) is 0. The largest absolute Gasteiger partial charge is 3.00 e. The maximum absolute atomic E-state index is 0. The van der Waals surface area contributed by atoms with Crippen LogP contribution in [0.15, 0.2) is 0 Å². The summed E-state index contributed by atoms with van der Waals surface area (Å²) in [6.45, 7) is 0. The summed E-state index contributed by atoms with van der Waals surface area (Å²) in [7, 11) is 0. The first-order valence-corrected chi connectivity index (χ1v) is 0. The first kappa shape index (κ1) is 143. The quantitative estimate of drug-likeness (QED) is 0.340. The monoisotopic (exact) mass is 172 g/mol. The fourth-order valence-electron chi connectivity index (χ4n) is 0. The van der Waals surface area contributed by atoms with Gasteiger partial charge in [-0.3, -0.25) is 0 Å². The van der Waals surface area contributed by atoms with Crippen LogP contribution in [-0.4, -0.2) is 25.8 Å². The van der Waals surface area contributed by atoms with Crippen LogP contribution in [0.2, 0.25) is 0 Å². The summed E-state index contributed by atoms with van der Waals surface area (Å²) >= 11 is 0. The average molecular weight is 172 g/mol. The van der Waals surface area contributed by atoms with Gasteiger partial charge < -0.3 is 14.1 Å². The Hall–Kier alpha value is 0.660. The van der Waals surface area contributed by atoms with Crippen LogP contribution in [0, 0.1) is 0 Å². The number of rotatable bonds is 0. The Morgan fingerprint density at radius 2 is 0.500 bits per heavy atom. The van der Waals surface area contributed by atoms with Crippen molar-refractivity contribution in [3.8, 4) is 0 Å². The summed E-state index contributed by atoms with van der Waals surface area (Å²) in [5, 5.41) is 0. The molecule has 4 heavy (non-hydrogen) atoms. The van der Waals surface area contributed by atoms with Crippen LogP contribution in [0.25, 0.3) is 0 Å². The Labute approximate surface area is 40.5 Å². The van der Waals surface area contributed by atoms with Gasteiger partial charge in [-0.25, -0.2) is 0 Å². The van der Waals surface area contributed by atoms with E-state index in [1.165, 1.54) is 0 Å². The summed E-state index contributed by atoms with van der Waals surface area (Å²) in [4.78, 5) is 0. The minimum atomic E-state index is 0. The smallest absolute Gasteiger partial charge is 1.00 e. The van der Waals surface area contributed by atoms with Crippen LogP contribution < -0.4 is 14.1 Å². The molecule has 0 bridgehead atoms. The second kappa shape index (κ2) is 59.4. The molecule has 0 unspecified atom stereocenters. The van der Waals surface area contributed by atoms with Crippen molar-refractivity contribution in [1.82, 2.24) is 0 Å². The molecule has 0 amide bonds. The summed E-state index contributed by atoms with van der Waals surface area (Å²) in [6, 6.07) is 0. The van der Waals surface area contributed by atoms with Gasteiger partial charge >= 0.3 is 25.8 Å². The minimum absolute atomic E-state index is 0. The van der Waals surface area contributed by atoms with Crippen LogP contribution in [0.1, 0.15) is 0 Å². The normalized spacial score (nSPS) is 0. The van der Waals surface area contributed by atoms with Crippen LogP contribution in [0.4, 0.5) is 0 Å². The Morgan fingerprint density at radius 3 is 0.500 bits per heavy atom. The molecular formula is F3In. The van der Waals surface area contributed by atoms with Crippen LogP contribution in [-0.2, 0) is 0 Å². The first-order chi connectivity index (χ1) is 0. The van der Waals surface area contributed by atoms with Gasteiger partial charge in [0.15, 0.2) is 0 Å². The van der Waals surface area contributed by atoms with Gasteiger partial charge in [-0.2, -0.15) is 0 Å². The van der Waals surface area contributed by atoms with Gasteiger partial charge in [0.25, 0.3) is 0 Å². The van der Waals surface area contributed by atoms with Crippen molar-refractivity contribution in [2.75, 3.05) is 0 Å². The van der Waals surface area contributed by atoms with Crippen LogP contribution in [0.3, 0.4) is 0 Å². The molecule has 0 aliphatic rings. The molecule has 4 heteroatoms. The average Bonchev–Trinajstić information content (AvgIpc) is 0. The maximum atomic E-state index is 0. The van der Waals surface area contributed by atoms with Gasteiger partial charge in [0.1, 0.15) is 0 Å².